The molecule has 5 nitrogen and oxygen atoms in total. The number of furan rings is 1. The molecule has 0 bridgehead atoms. The lowest BCUT2D eigenvalue weighted by molar-refractivity contribution is 0.384. The summed E-state index contributed by atoms with van der Waals surface area (Å²) in [4.78, 5) is 4.17. The minimum atomic E-state index is -0.322. The molecule has 0 spiro atoms. The molecule has 2 aromatic heterocycles. The zero-order valence-electron chi connectivity index (χ0n) is 9.84. The van der Waals surface area contributed by atoms with E-state index in [0.29, 0.717) is 17.4 Å². The van der Waals surface area contributed by atoms with Crippen LogP contribution in [0.15, 0.2) is 51.8 Å². The number of aromatic nitrogens is 2. The van der Waals surface area contributed by atoms with E-state index < -0.39 is 0 Å². The fourth-order valence-electron chi connectivity index (χ4n) is 1.61. The molecule has 0 aliphatic carbocycles. The van der Waals surface area contributed by atoms with Gasteiger partial charge in [0.15, 0.2) is 0 Å². The molecule has 3 aromatic rings. The van der Waals surface area contributed by atoms with Crippen LogP contribution in [0.4, 0.5) is 10.1 Å². The molecule has 0 aliphatic heterocycles. The summed E-state index contributed by atoms with van der Waals surface area (Å²) in [7, 11) is 0. The lowest BCUT2D eigenvalue weighted by Gasteiger charge is -2.03. The van der Waals surface area contributed by atoms with Crippen molar-refractivity contribution in [3.63, 3.8) is 0 Å². The van der Waals surface area contributed by atoms with Gasteiger partial charge in [-0.2, -0.15) is 4.98 Å². The predicted octanol–water partition coefficient (Wildman–Crippen LogP) is 3.08. The molecule has 1 aromatic carbocycles. The van der Waals surface area contributed by atoms with Gasteiger partial charge in [0, 0.05) is 0 Å². The van der Waals surface area contributed by atoms with E-state index >= 15 is 0 Å². The Hall–Kier alpha value is -2.63. The standard InChI is InChI=1S/C13H10FN3O2/c14-10-3-1-2-4-11(10)15-7-12-16-13(17-19-12)9-5-6-18-8-9/h1-6,8,15H,7H2. The van der Waals surface area contributed by atoms with Gasteiger partial charge in [0.25, 0.3) is 0 Å². The monoisotopic (exact) mass is 259 g/mol. The van der Waals surface area contributed by atoms with Crippen molar-refractivity contribution in [3.8, 4) is 11.4 Å². The van der Waals surface area contributed by atoms with Gasteiger partial charge in [-0.3, -0.25) is 0 Å². The summed E-state index contributed by atoms with van der Waals surface area (Å²) in [5.74, 6) is 0.496. The van der Waals surface area contributed by atoms with Gasteiger partial charge in [-0.05, 0) is 18.2 Å². The first kappa shape index (κ1) is 11.5. The van der Waals surface area contributed by atoms with E-state index in [-0.39, 0.29) is 12.4 Å². The summed E-state index contributed by atoms with van der Waals surface area (Å²) in [6.07, 6.45) is 3.06. The zero-order chi connectivity index (χ0) is 13.1. The summed E-state index contributed by atoms with van der Waals surface area (Å²) in [5, 5.41) is 6.71. The van der Waals surface area contributed by atoms with Crippen molar-refractivity contribution < 1.29 is 13.3 Å². The molecule has 0 radical (unpaired) electrons. The molecule has 0 saturated carbocycles. The maximum absolute atomic E-state index is 13.4. The minimum Gasteiger partial charge on any atom is -0.472 e. The second-order valence-electron chi connectivity index (χ2n) is 3.86. The van der Waals surface area contributed by atoms with Crippen LogP contribution < -0.4 is 5.32 Å². The summed E-state index contributed by atoms with van der Waals surface area (Å²) < 4.78 is 23.4. The molecule has 0 saturated heterocycles. The Kier molecular flexibility index (Phi) is 2.97. The number of hydrogen-bond acceptors (Lipinski definition) is 5. The smallest absolute Gasteiger partial charge is 0.246 e. The third-order valence-electron chi connectivity index (χ3n) is 2.55. The highest BCUT2D eigenvalue weighted by Gasteiger charge is 2.09. The lowest BCUT2D eigenvalue weighted by Crippen LogP contribution is -2.01. The van der Waals surface area contributed by atoms with Crippen molar-refractivity contribution in [1.82, 2.24) is 10.1 Å². The predicted molar refractivity (Wildman–Crippen MR) is 65.7 cm³/mol. The first-order valence-corrected chi connectivity index (χ1v) is 5.66. The van der Waals surface area contributed by atoms with Gasteiger partial charge in [-0.25, -0.2) is 4.39 Å². The summed E-state index contributed by atoms with van der Waals surface area (Å²) in [6, 6.07) is 8.13. The number of anilines is 1. The molecule has 3 rings (SSSR count). The Balaban J connectivity index is 1.70. The normalized spacial score (nSPS) is 10.6. The third kappa shape index (κ3) is 2.47. The van der Waals surface area contributed by atoms with Crippen molar-refractivity contribution in [2.75, 3.05) is 5.32 Å². The molecule has 6 heteroatoms. The highest BCUT2D eigenvalue weighted by atomic mass is 19.1. The van der Waals surface area contributed by atoms with Crippen molar-refractivity contribution >= 4 is 5.69 Å². The second-order valence-corrected chi connectivity index (χ2v) is 3.86. The van der Waals surface area contributed by atoms with Gasteiger partial charge < -0.3 is 14.3 Å². The largest absolute Gasteiger partial charge is 0.472 e. The van der Waals surface area contributed by atoms with Crippen LogP contribution in [0.3, 0.4) is 0 Å². The van der Waals surface area contributed by atoms with E-state index in [1.807, 2.05) is 0 Å². The molecule has 19 heavy (non-hydrogen) atoms. The van der Waals surface area contributed by atoms with Crippen LogP contribution in [0.2, 0.25) is 0 Å². The summed E-state index contributed by atoms with van der Waals surface area (Å²) in [6.45, 7) is 0.256. The SMILES string of the molecule is Fc1ccccc1NCc1nc(-c2ccoc2)no1. The van der Waals surface area contributed by atoms with Gasteiger partial charge >= 0.3 is 0 Å². The fourth-order valence-corrected chi connectivity index (χ4v) is 1.61. The summed E-state index contributed by atoms with van der Waals surface area (Å²) >= 11 is 0. The van der Waals surface area contributed by atoms with E-state index in [2.05, 4.69) is 15.5 Å². The molecule has 0 atom stereocenters. The number of halogens is 1. The van der Waals surface area contributed by atoms with Crippen molar-refractivity contribution in [1.29, 1.82) is 0 Å². The summed E-state index contributed by atoms with van der Waals surface area (Å²) in [5.41, 5.74) is 1.13. The average Bonchev–Trinajstić information content (AvgIpc) is 3.09. The lowest BCUT2D eigenvalue weighted by atomic mass is 10.3. The molecular formula is C13H10FN3O2. The van der Waals surface area contributed by atoms with Crippen molar-refractivity contribution in [2.24, 2.45) is 0 Å². The Morgan fingerprint density at radius 2 is 2.11 bits per heavy atom. The highest BCUT2D eigenvalue weighted by molar-refractivity contribution is 5.51. The zero-order valence-corrected chi connectivity index (χ0v) is 9.84. The third-order valence-corrected chi connectivity index (χ3v) is 2.55. The first-order chi connectivity index (χ1) is 9.33. The van der Waals surface area contributed by atoms with E-state index in [9.17, 15) is 4.39 Å². The van der Waals surface area contributed by atoms with E-state index in [4.69, 9.17) is 8.94 Å². The van der Waals surface area contributed by atoms with Gasteiger partial charge in [0.1, 0.15) is 12.1 Å². The van der Waals surface area contributed by atoms with Crippen LogP contribution in [0.1, 0.15) is 5.89 Å². The Bertz CT molecular complexity index is 664. The Labute approximate surface area is 108 Å². The number of nitrogens with one attached hydrogen (secondary N) is 1. The highest BCUT2D eigenvalue weighted by Crippen LogP contribution is 2.17. The van der Waals surface area contributed by atoms with Crippen LogP contribution in [0.5, 0.6) is 0 Å². The maximum Gasteiger partial charge on any atom is 0.246 e. The molecule has 0 amide bonds. The molecule has 0 aliphatic rings. The van der Waals surface area contributed by atoms with Gasteiger partial charge in [0.05, 0.1) is 24.1 Å². The molecule has 0 fully saturated rings. The number of rotatable bonds is 4. The topological polar surface area (TPSA) is 64.1 Å². The van der Waals surface area contributed by atoms with Gasteiger partial charge in [0.2, 0.25) is 11.7 Å². The molecule has 1 N–H and O–H groups in total. The maximum atomic E-state index is 13.4. The first-order valence-electron chi connectivity index (χ1n) is 5.66. The Morgan fingerprint density at radius 1 is 1.21 bits per heavy atom. The van der Waals surface area contributed by atoms with Crippen LogP contribution in [0, 0.1) is 5.82 Å². The minimum absolute atomic E-state index is 0.256. The number of benzene rings is 1. The van der Waals surface area contributed by atoms with Crippen LogP contribution in [-0.4, -0.2) is 10.1 Å². The van der Waals surface area contributed by atoms with Crippen LogP contribution in [0.25, 0.3) is 11.4 Å². The van der Waals surface area contributed by atoms with Crippen LogP contribution >= 0.6 is 0 Å². The van der Waals surface area contributed by atoms with Crippen molar-refractivity contribution in [3.05, 3.63) is 54.6 Å². The van der Waals surface area contributed by atoms with Gasteiger partial charge in [-0.15, -0.1) is 0 Å². The number of nitrogens with zero attached hydrogens (tertiary/aromatic N) is 2. The number of para-hydroxylation sites is 1. The molecule has 0 unspecified atom stereocenters. The number of hydrogen-bond donors (Lipinski definition) is 1. The molecule has 2 heterocycles. The molecule has 96 valence electrons. The average molecular weight is 259 g/mol. The van der Waals surface area contributed by atoms with Crippen LogP contribution in [-0.2, 0) is 6.54 Å². The van der Waals surface area contributed by atoms with E-state index in [0.717, 1.165) is 5.56 Å². The second kappa shape index (κ2) is 4.93. The van der Waals surface area contributed by atoms with Crippen molar-refractivity contribution in [2.45, 2.75) is 6.54 Å². The Morgan fingerprint density at radius 3 is 2.89 bits per heavy atom. The van der Waals surface area contributed by atoms with E-state index in [1.54, 1.807) is 24.3 Å². The molecular weight excluding hydrogens is 249 g/mol. The fraction of sp³-hybridized carbons (Fsp3) is 0.0769. The van der Waals surface area contributed by atoms with E-state index in [1.165, 1.54) is 18.6 Å². The van der Waals surface area contributed by atoms with Gasteiger partial charge in [-0.1, -0.05) is 17.3 Å². The quantitative estimate of drug-likeness (QED) is 0.780.